The molecule has 0 aliphatic carbocycles. The third-order valence-electron chi connectivity index (χ3n) is 3.95. The van der Waals surface area contributed by atoms with Gasteiger partial charge in [-0.25, -0.2) is 9.78 Å². The average molecular weight is 395 g/mol. The number of nitrogens with one attached hydrogen (secondary N) is 1. The predicted octanol–water partition coefficient (Wildman–Crippen LogP) is 3.93. The Morgan fingerprint density at radius 1 is 1.38 bits per heavy atom. The van der Waals surface area contributed by atoms with Crippen LogP contribution in [0, 0.1) is 0 Å². The minimum atomic E-state index is -0.928. The molecular formula is C19H23ClN2O3S. The lowest BCUT2D eigenvalue weighted by Gasteiger charge is -2.16. The maximum Gasteiger partial charge on any atom is 0.328 e. The van der Waals surface area contributed by atoms with E-state index in [1.165, 1.54) is 11.0 Å². The molecule has 7 heteroatoms. The van der Waals surface area contributed by atoms with Gasteiger partial charge in [-0.1, -0.05) is 17.7 Å². The van der Waals surface area contributed by atoms with E-state index in [-0.39, 0.29) is 6.04 Å². The van der Waals surface area contributed by atoms with E-state index >= 15 is 0 Å². The van der Waals surface area contributed by atoms with Gasteiger partial charge in [0.15, 0.2) is 0 Å². The van der Waals surface area contributed by atoms with Crippen molar-refractivity contribution >= 4 is 34.5 Å². The number of hydrogen-bond donors (Lipinski definition) is 3. The van der Waals surface area contributed by atoms with Crippen LogP contribution in [0.5, 0.6) is 0 Å². The molecule has 0 fully saturated rings. The lowest BCUT2D eigenvalue weighted by atomic mass is 10.1. The third-order valence-corrected chi connectivity index (χ3v) is 5.44. The van der Waals surface area contributed by atoms with Crippen LogP contribution in [0.3, 0.4) is 0 Å². The summed E-state index contributed by atoms with van der Waals surface area (Å²) in [7, 11) is 0. The summed E-state index contributed by atoms with van der Waals surface area (Å²) in [6.07, 6.45) is 2.33. The number of rotatable bonds is 9. The van der Waals surface area contributed by atoms with Crippen molar-refractivity contribution in [2.24, 2.45) is 0 Å². The molecular weight excluding hydrogens is 372 g/mol. The van der Waals surface area contributed by atoms with Crippen LogP contribution in [-0.2, 0) is 11.2 Å². The topological polar surface area (TPSA) is 82.5 Å². The molecule has 0 amide bonds. The van der Waals surface area contributed by atoms with Crippen LogP contribution >= 0.6 is 22.9 Å². The molecule has 2 aromatic heterocycles. The number of carboxylic acids is 1. The van der Waals surface area contributed by atoms with Crippen LogP contribution in [0.25, 0.3) is 5.57 Å². The zero-order valence-electron chi connectivity index (χ0n) is 14.8. The molecule has 0 aliphatic rings. The molecule has 5 nitrogen and oxygen atoms in total. The van der Waals surface area contributed by atoms with Crippen LogP contribution in [0.1, 0.15) is 41.8 Å². The number of aryl methyl sites for hydroxylation is 1. The van der Waals surface area contributed by atoms with Crippen molar-refractivity contribution in [1.29, 1.82) is 0 Å². The fourth-order valence-corrected chi connectivity index (χ4v) is 3.63. The molecule has 2 rings (SSSR count). The largest absolute Gasteiger partial charge is 0.478 e. The maximum atomic E-state index is 10.7. The van der Waals surface area contributed by atoms with Crippen molar-refractivity contribution in [3.05, 3.63) is 57.0 Å². The molecule has 140 valence electrons. The Bertz CT molecular complexity index is 776. The summed E-state index contributed by atoms with van der Waals surface area (Å²) in [5, 5.41) is 22.7. The number of thiophene rings is 1. The van der Waals surface area contributed by atoms with Gasteiger partial charge >= 0.3 is 5.97 Å². The van der Waals surface area contributed by atoms with Gasteiger partial charge < -0.3 is 15.5 Å². The molecule has 2 heterocycles. The molecule has 0 radical (unpaired) electrons. The van der Waals surface area contributed by atoms with Gasteiger partial charge in [-0.05, 0) is 56.5 Å². The van der Waals surface area contributed by atoms with Crippen molar-refractivity contribution in [2.75, 3.05) is 6.54 Å². The average Bonchev–Trinajstić information content (AvgIpc) is 3.06. The summed E-state index contributed by atoms with van der Waals surface area (Å²) in [6, 6.07) is 9.43. The lowest BCUT2D eigenvalue weighted by molar-refractivity contribution is -0.131. The number of allylic oxidation sites excluding steroid dienone is 1. The van der Waals surface area contributed by atoms with E-state index in [1.54, 1.807) is 36.5 Å². The van der Waals surface area contributed by atoms with E-state index in [9.17, 15) is 9.90 Å². The number of hydrogen-bond acceptors (Lipinski definition) is 5. The highest BCUT2D eigenvalue weighted by molar-refractivity contribution is 7.13. The molecule has 0 saturated heterocycles. The van der Waals surface area contributed by atoms with Gasteiger partial charge in [-0.3, -0.25) is 0 Å². The Balaban J connectivity index is 1.79. The van der Waals surface area contributed by atoms with Crippen LogP contribution < -0.4 is 5.32 Å². The van der Waals surface area contributed by atoms with Crippen molar-refractivity contribution in [3.63, 3.8) is 0 Å². The quantitative estimate of drug-likeness (QED) is 0.443. The second-order valence-corrected chi connectivity index (χ2v) is 7.74. The van der Waals surface area contributed by atoms with Crippen LogP contribution in [-0.4, -0.2) is 33.8 Å². The van der Waals surface area contributed by atoms with Crippen molar-refractivity contribution in [2.45, 2.75) is 38.8 Å². The van der Waals surface area contributed by atoms with Crippen LogP contribution in [0.2, 0.25) is 5.15 Å². The summed E-state index contributed by atoms with van der Waals surface area (Å²) in [5.74, 6) is -0.928. The maximum absolute atomic E-state index is 10.7. The second kappa shape index (κ2) is 9.83. The summed E-state index contributed by atoms with van der Waals surface area (Å²) in [6.45, 7) is 4.28. The first-order valence-electron chi connectivity index (χ1n) is 8.39. The number of aromatic nitrogens is 1. The first kappa shape index (κ1) is 20.6. The number of carbonyl (C=O) groups is 1. The Morgan fingerprint density at radius 2 is 2.15 bits per heavy atom. The van der Waals surface area contributed by atoms with Gasteiger partial charge in [0.2, 0.25) is 0 Å². The van der Waals surface area contributed by atoms with Crippen LogP contribution in [0.15, 0.2) is 36.4 Å². The van der Waals surface area contributed by atoms with Crippen molar-refractivity contribution in [1.82, 2.24) is 10.3 Å². The number of halogens is 1. The fourth-order valence-electron chi connectivity index (χ4n) is 2.47. The van der Waals surface area contributed by atoms with Crippen LogP contribution in [0.4, 0.5) is 0 Å². The zero-order chi connectivity index (χ0) is 19.1. The normalized spacial score (nSPS) is 14.2. The van der Waals surface area contributed by atoms with Gasteiger partial charge in [0.1, 0.15) is 11.3 Å². The Labute approximate surface area is 162 Å². The number of aliphatic carboxylic acids is 1. The van der Waals surface area contributed by atoms with Crippen molar-refractivity contribution < 1.29 is 15.0 Å². The summed E-state index contributed by atoms with van der Waals surface area (Å²) < 4.78 is 0. The highest BCUT2D eigenvalue weighted by Gasteiger charge is 2.12. The molecule has 0 spiro atoms. The Kier molecular flexibility index (Phi) is 7.78. The highest BCUT2D eigenvalue weighted by atomic mass is 35.5. The first-order valence-corrected chi connectivity index (χ1v) is 9.59. The van der Waals surface area contributed by atoms with Gasteiger partial charge in [0.05, 0.1) is 5.69 Å². The molecule has 0 aromatic carbocycles. The highest BCUT2D eigenvalue weighted by Crippen LogP contribution is 2.25. The van der Waals surface area contributed by atoms with E-state index in [2.05, 4.69) is 17.2 Å². The summed E-state index contributed by atoms with van der Waals surface area (Å²) in [4.78, 5) is 17.0. The molecule has 2 atom stereocenters. The number of nitrogens with zero attached hydrogens (tertiary/aromatic N) is 1. The van der Waals surface area contributed by atoms with E-state index in [0.29, 0.717) is 17.4 Å². The molecule has 0 saturated carbocycles. The summed E-state index contributed by atoms with van der Waals surface area (Å²) in [5.41, 5.74) is 1.32. The molecule has 26 heavy (non-hydrogen) atoms. The fraction of sp³-hybridized carbons (Fsp3) is 0.368. The minimum Gasteiger partial charge on any atom is -0.478 e. The van der Waals surface area contributed by atoms with E-state index in [0.717, 1.165) is 23.3 Å². The number of carboxylic acid groups (broad SMARTS) is 1. The smallest absolute Gasteiger partial charge is 0.328 e. The first-order chi connectivity index (χ1) is 12.3. The molecule has 2 aromatic rings. The predicted molar refractivity (Wildman–Crippen MR) is 106 cm³/mol. The molecule has 3 N–H and O–H groups in total. The van der Waals surface area contributed by atoms with Gasteiger partial charge in [-0.15, -0.1) is 11.3 Å². The Morgan fingerprint density at radius 3 is 2.85 bits per heavy atom. The Hall–Kier alpha value is -1.73. The third kappa shape index (κ3) is 6.53. The zero-order valence-corrected chi connectivity index (χ0v) is 16.3. The standard InChI is InChI=1S/C19H23ClN2O3S/c1-12(10-19(24)25)17-9-8-14(26-17)7-6-13(2)21-11-16(23)15-4-3-5-18(20)22-15/h3-5,8-10,13,16,21,23H,6-7,11H2,1-2H3,(H,24,25). The van der Waals surface area contributed by atoms with Crippen molar-refractivity contribution in [3.8, 4) is 0 Å². The van der Waals surface area contributed by atoms with Gasteiger partial charge in [0.25, 0.3) is 0 Å². The molecule has 0 bridgehead atoms. The number of aliphatic hydroxyl groups excluding tert-OH is 1. The SMILES string of the molecule is CC(=CC(=O)O)c1ccc(CCC(C)NCC(O)c2cccc(Cl)n2)s1. The van der Waals surface area contributed by atoms with Gasteiger partial charge in [0, 0.05) is 28.4 Å². The number of pyridine rings is 1. The lowest BCUT2D eigenvalue weighted by Crippen LogP contribution is -2.31. The number of aliphatic hydroxyl groups is 1. The summed E-state index contributed by atoms with van der Waals surface area (Å²) >= 11 is 7.46. The second-order valence-electron chi connectivity index (χ2n) is 6.18. The van der Waals surface area contributed by atoms with Gasteiger partial charge in [-0.2, -0.15) is 0 Å². The van der Waals surface area contributed by atoms with E-state index < -0.39 is 12.1 Å². The molecule has 0 aliphatic heterocycles. The minimum absolute atomic E-state index is 0.227. The monoisotopic (exact) mass is 394 g/mol. The molecule has 2 unspecified atom stereocenters. The van der Waals surface area contributed by atoms with E-state index in [4.69, 9.17) is 16.7 Å². The van der Waals surface area contributed by atoms with E-state index in [1.807, 2.05) is 12.1 Å².